The van der Waals surface area contributed by atoms with Crippen LogP contribution in [0.4, 0.5) is 19.0 Å². The van der Waals surface area contributed by atoms with Gasteiger partial charge in [0, 0.05) is 42.7 Å². The van der Waals surface area contributed by atoms with Crippen LogP contribution < -0.4 is 9.64 Å². The van der Waals surface area contributed by atoms with E-state index in [1.165, 1.54) is 30.5 Å². The summed E-state index contributed by atoms with van der Waals surface area (Å²) >= 11 is 0. The molecule has 0 amide bonds. The van der Waals surface area contributed by atoms with Crippen LogP contribution in [0.25, 0.3) is 32.9 Å². The number of nitrogens with zero attached hydrogens (tertiary/aromatic N) is 5. The molecule has 7 nitrogen and oxygen atoms in total. The number of fused-ring (bicyclic) bond motifs is 3. The highest BCUT2D eigenvalue weighted by atomic mass is 19.1. The number of pyridine rings is 1. The van der Waals surface area contributed by atoms with Crippen LogP contribution in [0.5, 0.6) is 11.8 Å². The summed E-state index contributed by atoms with van der Waals surface area (Å²) in [6.45, 7) is 4.28. The summed E-state index contributed by atoms with van der Waals surface area (Å²) in [7, 11) is 0. The van der Waals surface area contributed by atoms with Gasteiger partial charge in [0.25, 0.3) is 0 Å². The van der Waals surface area contributed by atoms with E-state index in [0.717, 1.165) is 51.6 Å². The van der Waals surface area contributed by atoms with Crippen LogP contribution in [0.1, 0.15) is 57.4 Å². The summed E-state index contributed by atoms with van der Waals surface area (Å²) in [5.74, 6) is 1.37. The van der Waals surface area contributed by atoms with Crippen molar-refractivity contribution in [3.63, 3.8) is 0 Å². The van der Waals surface area contributed by atoms with Gasteiger partial charge in [0.05, 0.1) is 16.5 Å². The second kappa shape index (κ2) is 11.1. The molecule has 4 aromatic rings. The van der Waals surface area contributed by atoms with Crippen molar-refractivity contribution in [3.8, 4) is 35.4 Å². The summed E-state index contributed by atoms with van der Waals surface area (Å²) in [6.07, 6.45) is 12.6. The van der Waals surface area contributed by atoms with Crippen molar-refractivity contribution in [3.05, 3.63) is 47.7 Å². The molecule has 3 saturated heterocycles. The van der Waals surface area contributed by atoms with Gasteiger partial charge in [0.1, 0.15) is 41.4 Å². The van der Waals surface area contributed by atoms with Gasteiger partial charge in [-0.1, -0.05) is 24.8 Å². The van der Waals surface area contributed by atoms with E-state index in [4.69, 9.17) is 16.1 Å². The molecule has 3 fully saturated rings. The van der Waals surface area contributed by atoms with Crippen LogP contribution in [0, 0.1) is 24.0 Å². The normalized spacial score (nSPS) is 24.0. The molecule has 3 atom stereocenters. The molecular formula is C34H34F3N5O2. The van der Waals surface area contributed by atoms with Gasteiger partial charge in [-0.2, -0.15) is 9.97 Å². The average Bonchev–Trinajstić information content (AvgIpc) is 3.44. The van der Waals surface area contributed by atoms with Crippen LogP contribution in [0.15, 0.2) is 30.5 Å². The summed E-state index contributed by atoms with van der Waals surface area (Å²) in [5, 5.41) is 11.7. The Morgan fingerprint density at radius 1 is 1.14 bits per heavy atom. The van der Waals surface area contributed by atoms with Gasteiger partial charge in [-0.15, -0.1) is 6.42 Å². The number of rotatable bonds is 5. The molecule has 0 saturated carbocycles. The van der Waals surface area contributed by atoms with Crippen molar-refractivity contribution in [2.24, 2.45) is 0 Å². The van der Waals surface area contributed by atoms with Crippen LogP contribution >= 0.6 is 0 Å². The number of halogens is 3. The SMILES string of the molecule is C#Cc1c(F)ccc2cc(O)cc(-c3ncc4c(N5CCCCCC5C)nc(OC[C@@]56CCCN5C[C@H](F)C6)nc4c3F)c12. The number of aromatic nitrogens is 3. The first-order chi connectivity index (χ1) is 21.3. The maximum atomic E-state index is 16.7. The monoisotopic (exact) mass is 601 g/mol. The Bertz CT molecular complexity index is 1810. The highest BCUT2D eigenvalue weighted by Gasteiger charge is 2.49. The molecule has 44 heavy (non-hydrogen) atoms. The van der Waals surface area contributed by atoms with E-state index in [9.17, 15) is 13.9 Å². The third kappa shape index (κ3) is 4.78. The van der Waals surface area contributed by atoms with Gasteiger partial charge in [0.2, 0.25) is 0 Å². The summed E-state index contributed by atoms with van der Waals surface area (Å²) < 4.78 is 52.2. The molecule has 1 unspecified atom stereocenters. The number of ether oxygens (including phenoxy) is 1. The Kier molecular flexibility index (Phi) is 7.24. The molecule has 1 N–H and O–H groups in total. The Labute approximate surface area is 254 Å². The maximum absolute atomic E-state index is 16.7. The Morgan fingerprint density at radius 3 is 2.84 bits per heavy atom. The topological polar surface area (TPSA) is 74.6 Å². The van der Waals surface area contributed by atoms with Gasteiger partial charge in [-0.05, 0) is 62.7 Å². The largest absolute Gasteiger partial charge is 0.508 e. The molecular weight excluding hydrogens is 567 g/mol. The van der Waals surface area contributed by atoms with Crippen LogP contribution in [0.3, 0.4) is 0 Å². The second-order valence-corrected chi connectivity index (χ2v) is 12.4. The van der Waals surface area contributed by atoms with Crippen molar-refractivity contribution in [2.45, 2.75) is 69.6 Å². The predicted octanol–water partition coefficient (Wildman–Crippen LogP) is 6.53. The fourth-order valence-corrected chi connectivity index (χ4v) is 7.48. The summed E-state index contributed by atoms with van der Waals surface area (Å²) in [4.78, 5) is 18.2. The lowest BCUT2D eigenvalue weighted by Crippen LogP contribution is -2.43. The molecule has 3 aliphatic rings. The summed E-state index contributed by atoms with van der Waals surface area (Å²) in [6, 6.07) is 5.64. The number of phenols is 1. The van der Waals surface area contributed by atoms with Gasteiger partial charge in [0.15, 0.2) is 5.82 Å². The zero-order valence-corrected chi connectivity index (χ0v) is 24.6. The first kappa shape index (κ1) is 28.7. The number of hydrogen-bond acceptors (Lipinski definition) is 7. The number of anilines is 1. The summed E-state index contributed by atoms with van der Waals surface area (Å²) in [5.41, 5.74) is -0.453. The Morgan fingerprint density at radius 2 is 2.00 bits per heavy atom. The second-order valence-electron chi connectivity index (χ2n) is 12.4. The van der Waals surface area contributed by atoms with E-state index in [1.54, 1.807) is 0 Å². The molecule has 0 radical (unpaired) electrons. The zero-order chi connectivity index (χ0) is 30.6. The van der Waals surface area contributed by atoms with E-state index in [-0.39, 0.29) is 52.1 Å². The average molecular weight is 602 g/mol. The predicted molar refractivity (Wildman–Crippen MR) is 164 cm³/mol. The van der Waals surface area contributed by atoms with Crippen molar-refractivity contribution in [2.75, 3.05) is 31.1 Å². The van der Waals surface area contributed by atoms with Crippen molar-refractivity contribution < 1.29 is 23.0 Å². The first-order valence-corrected chi connectivity index (χ1v) is 15.3. The minimum absolute atomic E-state index is 0.00262. The molecule has 2 aromatic carbocycles. The van der Waals surface area contributed by atoms with Crippen molar-refractivity contribution in [1.29, 1.82) is 0 Å². The number of hydrogen-bond donors (Lipinski definition) is 1. The molecule has 5 heterocycles. The van der Waals surface area contributed by atoms with Gasteiger partial charge < -0.3 is 14.7 Å². The van der Waals surface area contributed by atoms with Gasteiger partial charge >= 0.3 is 6.01 Å². The van der Waals surface area contributed by atoms with Crippen LogP contribution in [0.2, 0.25) is 0 Å². The van der Waals surface area contributed by atoms with Gasteiger partial charge in [-0.25, -0.2) is 13.2 Å². The lowest BCUT2D eigenvalue weighted by atomic mass is 9.95. The maximum Gasteiger partial charge on any atom is 0.319 e. The minimum Gasteiger partial charge on any atom is -0.508 e. The molecule has 10 heteroatoms. The molecule has 0 spiro atoms. The zero-order valence-electron chi connectivity index (χ0n) is 24.6. The molecule has 2 aromatic heterocycles. The van der Waals surface area contributed by atoms with Crippen molar-refractivity contribution >= 4 is 27.5 Å². The number of aromatic hydroxyl groups is 1. The fraction of sp³-hybridized carbons (Fsp3) is 0.441. The molecule has 3 aliphatic heterocycles. The van der Waals surface area contributed by atoms with E-state index in [1.807, 2.05) is 0 Å². The number of alkyl halides is 1. The standard InChI is InChI=1S/C34H34F3N5O2/c1-3-24-27(36)10-9-21-14-23(43)15-25(28(21)24)30-29(37)31-26(17-38-30)32(42-13-6-4-5-8-20(42)2)40-33(39-31)44-19-34-11-7-12-41(34)18-22(35)16-34/h1,9-10,14-15,17,20,22,43H,4-8,11-13,16,18-19H2,2H3/t20?,22-,34+/m1/s1. The lowest BCUT2D eigenvalue weighted by Gasteiger charge is -2.32. The molecule has 7 rings (SSSR count). The number of terminal acetylenes is 1. The van der Waals surface area contributed by atoms with Crippen LogP contribution in [-0.4, -0.2) is 69.0 Å². The smallest absolute Gasteiger partial charge is 0.319 e. The number of benzene rings is 2. The van der Waals surface area contributed by atoms with Crippen LogP contribution in [-0.2, 0) is 0 Å². The van der Waals surface area contributed by atoms with Crippen molar-refractivity contribution in [1.82, 2.24) is 19.9 Å². The highest BCUT2D eigenvalue weighted by Crippen LogP contribution is 2.42. The Balaban J connectivity index is 1.39. The highest BCUT2D eigenvalue weighted by molar-refractivity contribution is 6.03. The molecule has 0 bridgehead atoms. The Hall–Kier alpha value is -4.10. The molecule has 228 valence electrons. The fourth-order valence-electron chi connectivity index (χ4n) is 7.48. The van der Waals surface area contributed by atoms with Gasteiger partial charge in [-0.3, -0.25) is 9.88 Å². The lowest BCUT2D eigenvalue weighted by molar-refractivity contribution is 0.107. The van der Waals surface area contributed by atoms with E-state index in [2.05, 4.69) is 32.6 Å². The van der Waals surface area contributed by atoms with E-state index < -0.39 is 23.3 Å². The first-order valence-electron chi connectivity index (χ1n) is 15.3. The molecule has 0 aliphatic carbocycles. The third-order valence-corrected chi connectivity index (χ3v) is 9.65. The number of phenolic OH excluding ortho intramolecular Hbond substituents is 1. The third-order valence-electron chi connectivity index (χ3n) is 9.65. The quantitative estimate of drug-likeness (QED) is 0.261. The van der Waals surface area contributed by atoms with E-state index >= 15 is 4.39 Å². The van der Waals surface area contributed by atoms with E-state index in [0.29, 0.717) is 29.6 Å². The minimum atomic E-state index is -0.911.